The molecule has 0 bridgehead atoms. The fraction of sp³-hybridized carbons (Fsp3) is 0.125. The van der Waals surface area contributed by atoms with Crippen LogP contribution in [0.15, 0.2) is 40.2 Å². The largest absolute Gasteiger partial charge is 0.327 e. The van der Waals surface area contributed by atoms with E-state index in [0.717, 1.165) is 11.0 Å². The molecule has 0 aliphatic rings. The number of rotatable bonds is 4. The number of nitrogens with one attached hydrogen (secondary N) is 2. The first kappa shape index (κ1) is 16.0. The molecule has 3 aromatic heterocycles. The summed E-state index contributed by atoms with van der Waals surface area (Å²) in [7, 11) is 1.86. The van der Waals surface area contributed by atoms with E-state index in [1.807, 2.05) is 35.9 Å². The van der Waals surface area contributed by atoms with Crippen LogP contribution < -0.4 is 5.56 Å². The number of hydrogen-bond acceptors (Lipinski definition) is 7. The molecule has 0 saturated carbocycles. The summed E-state index contributed by atoms with van der Waals surface area (Å²) in [6, 6.07) is 11.2. The third-order valence-corrected chi connectivity index (χ3v) is 4.88. The van der Waals surface area contributed by atoms with Crippen LogP contribution in [0.25, 0.3) is 22.4 Å². The summed E-state index contributed by atoms with van der Waals surface area (Å²) in [5.74, 6) is 1.41. The van der Waals surface area contributed by atoms with Gasteiger partial charge in [-0.1, -0.05) is 29.1 Å². The summed E-state index contributed by atoms with van der Waals surface area (Å²) in [5, 5.41) is 23.8. The third kappa shape index (κ3) is 2.74. The quantitative estimate of drug-likeness (QED) is 0.526. The van der Waals surface area contributed by atoms with E-state index >= 15 is 0 Å². The van der Waals surface area contributed by atoms with E-state index in [-0.39, 0.29) is 5.56 Å². The maximum Gasteiger partial charge on any atom is 0.249 e. The number of pyridine rings is 1. The van der Waals surface area contributed by atoms with Crippen molar-refractivity contribution in [1.82, 2.24) is 35.2 Å². The lowest BCUT2D eigenvalue weighted by molar-refractivity contribution is 0.881. The molecule has 4 aromatic rings. The second-order valence-corrected chi connectivity index (χ2v) is 6.45. The Kier molecular flexibility index (Phi) is 3.98. The van der Waals surface area contributed by atoms with Crippen LogP contribution in [0, 0.1) is 11.3 Å². The number of aromatic amines is 2. The van der Waals surface area contributed by atoms with E-state index < -0.39 is 0 Å². The Morgan fingerprint density at radius 1 is 1.35 bits per heavy atom. The number of H-pyrrole nitrogens is 2. The second kappa shape index (κ2) is 6.45. The molecular weight excluding hydrogens is 352 g/mol. The van der Waals surface area contributed by atoms with Gasteiger partial charge in [-0.3, -0.25) is 4.79 Å². The molecule has 9 nitrogen and oxygen atoms in total. The van der Waals surface area contributed by atoms with Crippen molar-refractivity contribution in [3.05, 3.63) is 52.1 Å². The number of aryl methyl sites for hydroxylation is 1. The van der Waals surface area contributed by atoms with Crippen LogP contribution in [-0.4, -0.2) is 35.2 Å². The molecule has 0 spiro atoms. The zero-order valence-electron chi connectivity index (χ0n) is 13.6. The molecule has 4 rings (SSSR count). The van der Waals surface area contributed by atoms with E-state index in [1.165, 1.54) is 17.8 Å². The molecule has 0 amide bonds. The molecule has 0 aliphatic heterocycles. The zero-order valence-corrected chi connectivity index (χ0v) is 14.4. The smallest absolute Gasteiger partial charge is 0.249 e. The van der Waals surface area contributed by atoms with Crippen LogP contribution in [-0.2, 0) is 12.8 Å². The number of nitriles is 1. The fourth-order valence-electron chi connectivity index (χ4n) is 2.70. The Morgan fingerprint density at radius 2 is 2.19 bits per heavy atom. The lowest BCUT2D eigenvalue weighted by atomic mass is 10.1. The maximum absolute atomic E-state index is 12.2. The Bertz CT molecular complexity index is 1190. The minimum atomic E-state index is -0.304. The van der Waals surface area contributed by atoms with Crippen LogP contribution >= 0.6 is 11.8 Å². The molecular formula is C16H12N8OS. The number of hydrogen-bond donors (Lipinski definition) is 2. The van der Waals surface area contributed by atoms with Crippen molar-refractivity contribution in [3.63, 3.8) is 0 Å². The van der Waals surface area contributed by atoms with Crippen LogP contribution in [0.1, 0.15) is 11.4 Å². The van der Waals surface area contributed by atoms with Gasteiger partial charge in [0.1, 0.15) is 11.9 Å². The summed E-state index contributed by atoms with van der Waals surface area (Å²) in [4.78, 5) is 19.5. The average molecular weight is 364 g/mol. The topological polar surface area (TPSA) is 129 Å². The number of aromatic nitrogens is 7. The fourth-order valence-corrected chi connectivity index (χ4v) is 3.57. The molecule has 0 fully saturated rings. The van der Waals surface area contributed by atoms with Crippen molar-refractivity contribution in [2.24, 2.45) is 7.05 Å². The molecule has 0 saturated heterocycles. The number of imidazole rings is 1. The van der Waals surface area contributed by atoms with Gasteiger partial charge in [0.25, 0.3) is 0 Å². The van der Waals surface area contributed by atoms with Crippen molar-refractivity contribution in [3.8, 4) is 17.5 Å². The Hall–Kier alpha value is -3.45. The number of thioether (sulfide) groups is 1. The molecule has 3 heterocycles. The van der Waals surface area contributed by atoms with Crippen LogP contribution in [0.3, 0.4) is 0 Å². The third-order valence-electron chi connectivity index (χ3n) is 3.88. The van der Waals surface area contributed by atoms with Crippen molar-refractivity contribution in [2.75, 3.05) is 0 Å². The number of fused-ring (bicyclic) bond motifs is 1. The first-order valence-electron chi connectivity index (χ1n) is 7.61. The zero-order chi connectivity index (χ0) is 18.1. The molecule has 128 valence electrons. The van der Waals surface area contributed by atoms with Crippen LogP contribution in [0.5, 0.6) is 0 Å². The minimum Gasteiger partial charge on any atom is -0.327 e. The standard InChI is InChI=1S/C16H12N8OS/c1-24-12-5-3-2-4-11(12)18-15(24)9-6-14(25)19-16(10(9)7-17)26-8-13-20-22-23-21-13/h2-6H,8H2,1H3,(H,19,25)(H,20,21,22,23). The van der Waals surface area contributed by atoms with E-state index in [1.54, 1.807) is 0 Å². The van der Waals surface area contributed by atoms with Gasteiger partial charge < -0.3 is 9.55 Å². The van der Waals surface area contributed by atoms with Crippen LogP contribution in [0.4, 0.5) is 0 Å². The minimum absolute atomic E-state index is 0.304. The molecule has 0 aliphatic carbocycles. The summed E-state index contributed by atoms with van der Waals surface area (Å²) >= 11 is 1.27. The Balaban J connectivity index is 1.84. The van der Waals surface area contributed by atoms with E-state index in [2.05, 4.69) is 36.7 Å². The molecule has 1 aromatic carbocycles. The lowest BCUT2D eigenvalue weighted by Crippen LogP contribution is -2.10. The highest BCUT2D eigenvalue weighted by atomic mass is 32.2. The number of para-hydroxylation sites is 2. The van der Waals surface area contributed by atoms with Crippen molar-refractivity contribution in [2.45, 2.75) is 10.8 Å². The number of tetrazole rings is 1. The van der Waals surface area contributed by atoms with Gasteiger partial charge in [-0.2, -0.15) is 10.5 Å². The summed E-state index contributed by atoms with van der Waals surface area (Å²) < 4.78 is 1.87. The van der Waals surface area contributed by atoms with Crippen LogP contribution in [0.2, 0.25) is 0 Å². The van der Waals surface area contributed by atoms with Gasteiger partial charge in [0, 0.05) is 18.7 Å². The van der Waals surface area contributed by atoms with Crippen molar-refractivity contribution >= 4 is 22.8 Å². The highest BCUT2D eigenvalue weighted by molar-refractivity contribution is 7.98. The Labute approximate surface area is 151 Å². The SMILES string of the molecule is Cn1c(-c2cc(=O)[nH]c(SCc3nn[nH]n3)c2C#N)nc2ccccc21. The van der Waals surface area contributed by atoms with E-state index in [4.69, 9.17) is 0 Å². The molecule has 10 heteroatoms. The maximum atomic E-state index is 12.2. The summed E-state index contributed by atoms with van der Waals surface area (Å²) in [5.41, 5.74) is 2.27. The van der Waals surface area contributed by atoms with Gasteiger partial charge in [0.15, 0.2) is 5.82 Å². The van der Waals surface area contributed by atoms with Gasteiger partial charge in [0.2, 0.25) is 5.56 Å². The second-order valence-electron chi connectivity index (χ2n) is 5.46. The molecule has 2 N–H and O–H groups in total. The van der Waals surface area contributed by atoms with Gasteiger partial charge >= 0.3 is 0 Å². The molecule has 26 heavy (non-hydrogen) atoms. The Morgan fingerprint density at radius 3 is 2.92 bits per heavy atom. The molecule has 0 radical (unpaired) electrons. The average Bonchev–Trinajstić information content (AvgIpc) is 3.28. The van der Waals surface area contributed by atoms with Gasteiger partial charge in [-0.25, -0.2) is 4.98 Å². The first-order chi connectivity index (χ1) is 12.7. The van der Waals surface area contributed by atoms with E-state index in [9.17, 15) is 10.1 Å². The van der Waals surface area contributed by atoms with Crippen molar-refractivity contribution < 1.29 is 0 Å². The summed E-state index contributed by atoms with van der Waals surface area (Å²) in [6.07, 6.45) is 0. The highest BCUT2D eigenvalue weighted by Crippen LogP contribution is 2.30. The predicted molar refractivity (Wildman–Crippen MR) is 95.2 cm³/mol. The van der Waals surface area contributed by atoms with Gasteiger partial charge in [-0.15, -0.1) is 10.2 Å². The number of benzene rings is 1. The normalized spacial score (nSPS) is 10.9. The predicted octanol–water partition coefficient (Wildman–Crippen LogP) is 1.61. The molecule has 0 atom stereocenters. The highest BCUT2D eigenvalue weighted by Gasteiger charge is 2.18. The van der Waals surface area contributed by atoms with E-state index in [0.29, 0.717) is 33.6 Å². The van der Waals surface area contributed by atoms with Gasteiger partial charge in [-0.05, 0) is 12.1 Å². The monoisotopic (exact) mass is 364 g/mol. The number of nitrogens with zero attached hydrogens (tertiary/aromatic N) is 6. The summed E-state index contributed by atoms with van der Waals surface area (Å²) in [6.45, 7) is 0. The molecule has 0 unspecified atom stereocenters. The lowest BCUT2D eigenvalue weighted by Gasteiger charge is -2.08. The van der Waals surface area contributed by atoms with Crippen molar-refractivity contribution in [1.29, 1.82) is 5.26 Å². The van der Waals surface area contributed by atoms with Gasteiger partial charge in [0.05, 0.1) is 27.4 Å². The first-order valence-corrected chi connectivity index (χ1v) is 8.60.